The standard InChI is InChI=1S/C16H21N3O/c1-3-14(17)10-13-7-4-6-12(2)16(13)20-11-15-18-8-5-9-19-15/h4-9,14H,3,10-11,17H2,1-2H3. The van der Waals surface area contributed by atoms with E-state index in [1.54, 1.807) is 18.5 Å². The molecule has 1 atom stereocenters. The summed E-state index contributed by atoms with van der Waals surface area (Å²) in [5, 5.41) is 0. The highest BCUT2D eigenvalue weighted by molar-refractivity contribution is 5.41. The van der Waals surface area contributed by atoms with Crippen LogP contribution in [0.1, 0.15) is 30.3 Å². The van der Waals surface area contributed by atoms with Gasteiger partial charge in [0.15, 0.2) is 5.82 Å². The van der Waals surface area contributed by atoms with Gasteiger partial charge in [-0.2, -0.15) is 0 Å². The zero-order chi connectivity index (χ0) is 14.4. The molecule has 0 aliphatic rings. The fourth-order valence-electron chi connectivity index (χ4n) is 2.05. The van der Waals surface area contributed by atoms with E-state index in [1.165, 1.54) is 0 Å². The number of aromatic nitrogens is 2. The Morgan fingerprint density at radius 2 is 1.95 bits per heavy atom. The Kier molecular flexibility index (Phi) is 5.07. The van der Waals surface area contributed by atoms with Crippen molar-refractivity contribution < 1.29 is 4.74 Å². The van der Waals surface area contributed by atoms with Gasteiger partial charge in [-0.3, -0.25) is 0 Å². The van der Waals surface area contributed by atoms with Crippen LogP contribution in [-0.2, 0) is 13.0 Å². The molecule has 1 aromatic heterocycles. The maximum Gasteiger partial charge on any atom is 0.166 e. The Morgan fingerprint density at radius 3 is 2.65 bits per heavy atom. The number of rotatable bonds is 6. The molecule has 0 aliphatic carbocycles. The van der Waals surface area contributed by atoms with E-state index in [4.69, 9.17) is 10.5 Å². The molecule has 20 heavy (non-hydrogen) atoms. The van der Waals surface area contributed by atoms with Crippen molar-refractivity contribution in [3.8, 4) is 5.75 Å². The fraction of sp³-hybridized carbons (Fsp3) is 0.375. The van der Waals surface area contributed by atoms with Crippen LogP contribution >= 0.6 is 0 Å². The van der Waals surface area contributed by atoms with Gasteiger partial charge in [0, 0.05) is 18.4 Å². The molecule has 2 N–H and O–H groups in total. The molecule has 4 heteroatoms. The smallest absolute Gasteiger partial charge is 0.166 e. The molecule has 0 radical (unpaired) electrons. The van der Waals surface area contributed by atoms with Gasteiger partial charge in [0.05, 0.1) is 0 Å². The maximum atomic E-state index is 6.05. The molecule has 0 saturated carbocycles. The summed E-state index contributed by atoms with van der Waals surface area (Å²) in [5.74, 6) is 1.59. The van der Waals surface area contributed by atoms with E-state index in [2.05, 4.69) is 23.0 Å². The SMILES string of the molecule is CCC(N)Cc1cccc(C)c1OCc1ncccn1. The van der Waals surface area contributed by atoms with Crippen LogP contribution in [0.2, 0.25) is 0 Å². The summed E-state index contributed by atoms with van der Waals surface area (Å²) in [6, 6.07) is 8.11. The highest BCUT2D eigenvalue weighted by atomic mass is 16.5. The number of nitrogens with zero attached hydrogens (tertiary/aromatic N) is 2. The molecule has 1 aromatic carbocycles. The molecule has 2 aromatic rings. The number of hydrogen-bond donors (Lipinski definition) is 1. The van der Waals surface area contributed by atoms with Crippen molar-refractivity contribution in [2.75, 3.05) is 0 Å². The molecular formula is C16H21N3O. The third-order valence-electron chi connectivity index (χ3n) is 3.26. The summed E-state index contributed by atoms with van der Waals surface area (Å²) in [5.41, 5.74) is 8.31. The number of aryl methyl sites for hydroxylation is 1. The minimum atomic E-state index is 0.159. The van der Waals surface area contributed by atoms with E-state index >= 15 is 0 Å². The van der Waals surface area contributed by atoms with Crippen molar-refractivity contribution >= 4 is 0 Å². The minimum absolute atomic E-state index is 0.159. The summed E-state index contributed by atoms with van der Waals surface area (Å²) in [7, 11) is 0. The molecule has 0 spiro atoms. The zero-order valence-corrected chi connectivity index (χ0v) is 12.0. The van der Waals surface area contributed by atoms with E-state index in [1.807, 2.05) is 19.1 Å². The lowest BCUT2D eigenvalue weighted by atomic mass is 10.0. The Hall–Kier alpha value is -1.94. The van der Waals surface area contributed by atoms with Crippen molar-refractivity contribution in [1.82, 2.24) is 9.97 Å². The highest BCUT2D eigenvalue weighted by Crippen LogP contribution is 2.25. The summed E-state index contributed by atoms with van der Waals surface area (Å²) in [4.78, 5) is 8.34. The maximum absolute atomic E-state index is 6.05. The Bertz CT molecular complexity index is 543. The molecule has 0 fully saturated rings. The first-order valence-electron chi connectivity index (χ1n) is 6.93. The predicted octanol–water partition coefficient (Wildman–Crippen LogP) is 2.64. The first kappa shape index (κ1) is 14.5. The summed E-state index contributed by atoms with van der Waals surface area (Å²) in [6.07, 6.45) is 5.22. The molecule has 1 heterocycles. The summed E-state index contributed by atoms with van der Waals surface area (Å²) < 4.78 is 5.92. The number of hydrogen-bond acceptors (Lipinski definition) is 4. The van der Waals surface area contributed by atoms with Crippen LogP contribution in [0.5, 0.6) is 5.75 Å². The van der Waals surface area contributed by atoms with Gasteiger partial charge >= 0.3 is 0 Å². The Labute approximate surface area is 120 Å². The van der Waals surface area contributed by atoms with E-state index in [9.17, 15) is 0 Å². The van der Waals surface area contributed by atoms with E-state index < -0.39 is 0 Å². The van der Waals surface area contributed by atoms with E-state index in [-0.39, 0.29) is 6.04 Å². The molecule has 2 rings (SSSR count). The molecule has 0 aliphatic heterocycles. The topological polar surface area (TPSA) is 61.0 Å². The molecule has 4 nitrogen and oxygen atoms in total. The highest BCUT2D eigenvalue weighted by Gasteiger charge is 2.11. The number of para-hydroxylation sites is 1. The van der Waals surface area contributed by atoms with Crippen LogP contribution < -0.4 is 10.5 Å². The average Bonchev–Trinajstić information content (AvgIpc) is 2.47. The second-order valence-corrected chi connectivity index (χ2v) is 4.89. The van der Waals surface area contributed by atoms with Gasteiger partial charge in [0.1, 0.15) is 12.4 Å². The molecule has 106 valence electrons. The summed E-state index contributed by atoms with van der Waals surface area (Å²) >= 11 is 0. The minimum Gasteiger partial charge on any atom is -0.485 e. The van der Waals surface area contributed by atoms with Gasteiger partial charge < -0.3 is 10.5 Å². The van der Waals surface area contributed by atoms with Crippen molar-refractivity contribution in [3.05, 3.63) is 53.6 Å². The predicted molar refractivity (Wildman–Crippen MR) is 79.5 cm³/mol. The van der Waals surface area contributed by atoms with Gasteiger partial charge in [-0.15, -0.1) is 0 Å². The van der Waals surface area contributed by atoms with Gasteiger partial charge in [-0.1, -0.05) is 25.1 Å². The van der Waals surface area contributed by atoms with Gasteiger partial charge in [-0.05, 0) is 37.0 Å². The molecular weight excluding hydrogens is 250 g/mol. The summed E-state index contributed by atoms with van der Waals surface area (Å²) in [6.45, 7) is 4.51. The second kappa shape index (κ2) is 7.01. The zero-order valence-electron chi connectivity index (χ0n) is 12.0. The molecule has 1 unspecified atom stereocenters. The van der Waals surface area contributed by atoms with Crippen LogP contribution in [0, 0.1) is 6.92 Å². The number of ether oxygens (including phenoxy) is 1. The lowest BCUT2D eigenvalue weighted by molar-refractivity contribution is 0.290. The molecule has 0 amide bonds. The average molecular weight is 271 g/mol. The second-order valence-electron chi connectivity index (χ2n) is 4.89. The van der Waals surface area contributed by atoms with E-state index in [0.717, 1.165) is 29.7 Å². The Morgan fingerprint density at radius 1 is 1.20 bits per heavy atom. The number of benzene rings is 1. The quantitative estimate of drug-likeness (QED) is 0.877. The van der Waals surface area contributed by atoms with Crippen molar-refractivity contribution in [3.63, 3.8) is 0 Å². The van der Waals surface area contributed by atoms with Crippen molar-refractivity contribution in [2.45, 2.75) is 39.3 Å². The number of nitrogens with two attached hydrogens (primary N) is 1. The van der Waals surface area contributed by atoms with Gasteiger partial charge in [0.2, 0.25) is 0 Å². The fourth-order valence-corrected chi connectivity index (χ4v) is 2.05. The van der Waals surface area contributed by atoms with Crippen molar-refractivity contribution in [1.29, 1.82) is 0 Å². The molecule has 0 saturated heterocycles. The third kappa shape index (κ3) is 3.78. The molecule has 0 bridgehead atoms. The van der Waals surface area contributed by atoms with Gasteiger partial charge in [0.25, 0.3) is 0 Å². The van der Waals surface area contributed by atoms with Crippen LogP contribution in [0.15, 0.2) is 36.7 Å². The first-order valence-corrected chi connectivity index (χ1v) is 6.93. The lowest BCUT2D eigenvalue weighted by Crippen LogP contribution is -2.22. The largest absolute Gasteiger partial charge is 0.485 e. The Balaban J connectivity index is 2.13. The third-order valence-corrected chi connectivity index (χ3v) is 3.26. The van der Waals surface area contributed by atoms with Crippen LogP contribution in [0.25, 0.3) is 0 Å². The van der Waals surface area contributed by atoms with Gasteiger partial charge in [-0.25, -0.2) is 9.97 Å². The van der Waals surface area contributed by atoms with Crippen LogP contribution in [0.3, 0.4) is 0 Å². The normalized spacial score (nSPS) is 12.2. The van der Waals surface area contributed by atoms with Crippen LogP contribution in [0.4, 0.5) is 0 Å². The first-order chi connectivity index (χ1) is 9.70. The van der Waals surface area contributed by atoms with E-state index in [0.29, 0.717) is 12.4 Å². The van der Waals surface area contributed by atoms with Crippen molar-refractivity contribution in [2.24, 2.45) is 5.73 Å². The van der Waals surface area contributed by atoms with Crippen LogP contribution in [-0.4, -0.2) is 16.0 Å². The lowest BCUT2D eigenvalue weighted by Gasteiger charge is -2.16. The monoisotopic (exact) mass is 271 g/mol.